The standard InChI is InChI=1S/C30H41NO5Si/c1-8-34-26(32)24-19-30(24)21-31(27(33)36-28(2,3)4)25(30)20-35-37(29(5,6)7,22-15-11-9-12-16-22)23-17-13-10-14-18-23/h9-18,24-25H,8,19-21H2,1-7H3/t24-,25-,30+/m1/s1. The molecule has 0 radical (unpaired) electrons. The van der Waals surface area contributed by atoms with Crippen molar-refractivity contribution in [2.75, 3.05) is 19.8 Å². The van der Waals surface area contributed by atoms with Gasteiger partial charge in [0.15, 0.2) is 0 Å². The Morgan fingerprint density at radius 2 is 1.49 bits per heavy atom. The third kappa shape index (κ3) is 5.08. The van der Waals surface area contributed by atoms with Gasteiger partial charge >= 0.3 is 12.1 Å². The number of rotatable bonds is 7. The van der Waals surface area contributed by atoms with Crippen LogP contribution in [0.5, 0.6) is 0 Å². The number of esters is 1. The van der Waals surface area contributed by atoms with Crippen molar-refractivity contribution in [1.82, 2.24) is 4.90 Å². The zero-order chi connectivity index (χ0) is 27.1. The molecular weight excluding hydrogens is 482 g/mol. The molecule has 2 aliphatic rings. The Bertz CT molecular complexity index is 1070. The van der Waals surface area contributed by atoms with Crippen LogP contribution in [-0.4, -0.2) is 56.7 Å². The normalized spacial score (nSPS) is 23.4. The lowest BCUT2D eigenvalue weighted by atomic mass is 9.83. The molecule has 1 saturated carbocycles. The highest BCUT2D eigenvalue weighted by atomic mass is 28.4. The summed E-state index contributed by atoms with van der Waals surface area (Å²) in [6, 6.07) is 20.7. The molecule has 0 unspecified atom stereocenters. The van der Waals surface area contributed by atoms with Gasteiger partial charge in [0.25, 0.3) is 8.32 Å². The summed E-state index contributed by atoms with van der Waals surface area (Å²) in [5.74, 6) is -0.388. The summed E-state index contributed by atoms with van der Waals surface area (Å²) in [7, 11) is -2.80. The number of nitrogens with zero attached hydrogens (tertiary/aromatic N) is 1. The first kappa shape index (κ1) is 27.4. The van der Waals surface area contributed by atoms with Crippen LogP contribution in [-0.2, 0) is 18.7 Å². The topological polar surface area (TPSA) is 65.1 Å². The number of likely N-dealkylation sites (tertiary alicyclic amines) is 1. The summed E-state index contributed by atoms with van der Waals surface area (Å²) >= 11 is 0. The number of hydrogen-bond acceptors (Lipinski definition) is 5. The van der Waals surface area contributed by atoms with E-state index in [1.54, 1.807) is 4.90 Å². The molecule has 1 aliphatic heterocycles. The van der Waals surface area contributed by atoms with Gasteiger partial charge in [-0.25, -0.2) is 4.79 Å². The second-order valence-electron chi connectivity index (χ2n) is 12.3. The Kier molecular flexibility index (Phi) is 7.34. The van der Waals surface area contributed by atoms with Crippen LogP contribution >= 0.6 is 0 Å². The molecule has 2 aromatic carbocycles. The summed E-state index contributed by atoms with van der Waals surface area (Å²) < 4.78 is 18.3. The van der Waals surface area contributed by atoms with Gasteiger partial charge < -0.3 is 18.8 Å². The van der Waals surface area contributed by atoms with E-state index in [9.17, 15) is 9.59 Å². The maximum atomic E-state index is 13.2. The van der Waals surface area contributed by atoms with Gasteiger partial charge in [0.2, 0.25) is 0 Å². The molecule has 4 rings (SSSR count). The molecule has 0 aromatic heterocycles. The molecule has 2 aromatic rings. The van der Waals surface area contributed by atoms with Gasteiger partial charge in [-0.15, -0.1) is 0 Å². The van der Waals surface area contributed by atoms with E-state index < -0.39 is 13.9 Å². The van der Waals surface area contributed by atoms with Crippen molar-refractivity contribution in [2.24, 2.45) is 11.3 Å². The zero-order valence-corrected chi connectivity index (χ0v) is 24.2. The van der Waals surface area contributed by atoms with Crippen LogP contribution in [0.25, 0.3) is 0 Å². The Morgan fingerprint density at radius 1 is 0.946 bits per heavy atom. The summed E-state index contributed by atoms with van der Waals surface area (Å²) in [5, 5.41) is 2.18. The van der Waals surface area contributed by atoms with E-state index in [1.807, 2.05) is 39.8 Å². The van der Waals surface area contributed by atoms with E-state index in [2.05, 4.69) is 69.3 Å². The summed E-state index contributed by atoms with van der Waals surface area (Å²) in [6.45, 7) is 15.3. The van der Waals surface area contributed by atoms with E-state index in [-0.39, 0.29) is 34.5 Å². The van der Waals surface area contributed by atoms with E-state index in [4.69, 9.17) is 13.9 Å². The predicted molar refractivity (Wildman–Crippen MR) is 147 cm³/mol. The van der Waals surface area contributed by atoms with Crippen molar-refractivity contribution in [3.63, 3.8) is 0 Å². The number of carbonyl (C=O) groups is 2. The molecule has 7 heteroatoms. The van der Waals surface area contributed by atoms with Crippen LogP contribution in [0.2, 0.25) is 5.04 Å². The number of benzene rings is 2. The van der Waals surface area contributed by atoms with E-state index >= 15 is 0 Å². The Hall–Kier alpha value is -2.64. The highest BCUT2D eigenvalue weighted by Crippen LogP contribution is 2.63. The van der Waals surface area contributed by atoms with E-state index in [0.717, 1.165) is 0 Å². The quantitative estimate of drug-likeness (QED) is 0.387. The lowest BCUT2D eigenvalue weighted by molar-refractivity contribution is -0.148. The van der Waals surface area contributed by atoms with E-state index in [0.29, 0.717) is 26.2 Å². The van der Waals surface area contributed by atoms with Crippen molar-refractivity contribution in [2.45, 2.75) is 71.6 Å². The highest BCUT2D eigenvalue weighted by Gasteiger charge is 2.72. The smallest absolute Gasteiger partial charge is 0.410 e. The molecule has 1 saturated heterocycles. The number of hydrogen-bond donors (Lipinski definition) is 0. The Morgan fingerprint density at radius 3 is 1.95 bits per heavy atom. The first-order valence-corrected chi connectivity index (χ1v) is 15.2. The van der Waals surface area contributed by atoms with Gasteiger partial charge in [0.05, 0.1) is 25.2 Å². The average molecular weight is 524 g/mol. The third-order valence-corrected chi connectivity index (χ3v) is 12.7. The van der Waals surface area contributed by atoms with Crippen molar-refractivity contribution < 1.29 is 23.5 Å². The molecule has 0 bridgehead atoms. The first-order chi connectivity index (χ1) is 17.4. The molecule has 2 fully saturated rings. The molecule has 1 amide bonds. The van der Waals surface area contributed by atoms with Crippen LogP contribution in [0.3, 0.4) is 0 Å². The summed E-state index contributed by atoms with van der Waals surface area (Å²) in [4.78, 5) is 27.6. The minimum Gasteiger partial charge on any atom is -0.466 e. The maximum Gasteiger partial charge on any atom is 0.410 e. The Labute approximate surface area is 222 Å². The molecule has 3 atom stereocenters. The minimum absolute atomic E-state index is 0.179. The lowest BCUT2D eigenvalue weighted by Crippen LogP contribution is -2.70. The van der Waals surface area contributed by atoms with Gasteiger partial charge in [-0.1, -0.05) is 81.4 Å². The van der Waals surface area contributed by atoms with Crippen molar-refractivity contribution in [3.8, 4) is 0 Å². The first-order valence-electron chi connectivity index (χ1n) is 13.3. The van der Waals surface area contributed by atoms with Gasteiger partial charge in [0, 0.05) is 12.0 Å². The third-order valence-electron chi connectivity index (χ3n) is 7.70. The number of amides is 1. The van der Waals surface area contributed by atoms with Crippen molar-refractivity contribution in [3.05, 3.63) is 60.7 Å². The summed E-state index contributed by atoms with van der Waals surface area (Å²) in [6.07, 6.45) is 0.351. The fraction of sp³-hybridized carbons (Fsp3) is 0.533. The summed E-state index contributed by atoms with van der Waals surface area (Å²) in [5.41, 5.74) is -0.915. The van der Waals surface area contributed by atoms with Gasteiger partial charge in [-0.3, -0.25) is 4.79 Å². The molecule has 1 aliphatic carbocycles. The molecule has 6 nitrogen and oxygen atoms in total. The van der Waals surface area contributed by atoms with Gasteiger partial charge in [0.1, 0.15) is 5.60 Å². The van der Waals surface area contributed by atoms with Crippen LogP contribution < -0.4 is 10.4 Å². The number of carbonyl (C=O) groups excluding carboxylic acids is 2. The van der Waals surface area contributed by atoms with Crippen molar-refractivity contribution >= 4 is 30.8 Å². The largest absolute Gasteiger partial charge is 0.466 e. The predicted octanol–water partition coefficient (Wildman–Crippen LogP) is 4.75. The van der Waals surface area contributed by atoms with Gasteiger partial charge in [-0.2, -0.15) is 0 Å². The zero-order valence-electron chi connectivity index (χ0n) is 23.2. The SMILES string of the molecule is CCOC(=O)[C@H]1C[C@]12CN(C(=O)OC(C)(C)C)[C@@H]2CO[Si](c1ccccc1)(c1ccccc1)C(C)(C)C. The van der Waals surface area contributed by atoms with Crippen molar-refractivity contribution in [1.29, 1.82) is 0 Å². The molecule has 37 heavy (non-hydrogen) atoms. The second kappa shape index (κ2) is 9.91. The number of ether oxygens (including phenoxy) is 2. The Balaban J connectivity index is 1.70. The monoisotopic (exact) mass is 523 g/mol. The van der Waals surface area contributed by atoms with E-state index in [1.165, 1.54) is 10.4 Å². The van der Waals surface area contributed by atoms with Crippen LogP contribution in [0.4, 0.5) is 4.79 Å². The van der Waals surface area contributed by atoms with Crippen LogP contribution in [0.1, 0.15) is 54.9 Å². The lowest BCUT2D eigenvalue weighted by Gasteiger charge is -2.51. The average Bonchev–Trinajstić information content (AvgIpc) is 3.58. The molecule has 0 N–H and O–H groups in total. The molecule has 200 valence electrons. The van der Waals surface area contributed by atoms with Crippen LogP contribution in [0, 0.1) is 11.3 Å². The highest BCUT2D eigenvalue weighted by molar-refractivity contribution is 6.99. The maximum absolute atomic E-state index is 13.2. The fourth-order valence-corrected chi connectivity index (χ4v) is 10.5. The molecular formula is C30H41NO5Si. The molecule has 1 spiro atoms. The minimum atomic E-state index is -2.80. The van der Waals surface area contributed by atoms with Gasteiger partial charge in [-0.05, 0) is 49.5 Å². The second-order valence-corrected chi connectivity index (χ2v) is 16.6. The van der Waals surface area contributed by atoms with Crippen LogP contribution in [0.15, 0.2) is 60.7 Å². The molecule has 1 heterocycles. The fourth-order valence-electron chi connectivity index (χ4n) is 5.89.